The highest BCUT2D eigenvalue weighted by Crippen LogP contribution is 2.45. The van der Waals surface area contributed by atoms with Gasteiger partial charge in [-0.15, -0.1) is 0 Å². The number of hydrogen-bond acceptors (Lipinski definition) is 6. The van der Waals surface area contributed by atoms with Crippen LogP contribution in [0.25, 0.3) is 28.2 Å². The second-order valence-electron chi connectivity index (χ2n) is 8.42. The number of rotatable bonds is 3. The number of amides is 1. The molecule has 8 heteroatoms. The van der Waals surface area contributed by atoms with Crippen LogP contribution in [0.3, 0.4) is 0 Å². The molecule has 2 aliphatic heterocycles. The molecule has 4 aromatic rings. The Morgan fingerprint density at radius 3 is 2.88 bits per heavy atom. The zero-order chi connectivity index (χ0) is 21.9. The third-order valence-electron chi connectivity index (χ3n) is 6.84. The molecule has 1 saturated heterocycles. The summed E-state index contributed by atoms with van der Waals surface area (Å²) in [7, 11) is 1.82. The zero-order valence-electron chi connectivity index (χ0n) is 18.1. The molecule has 0 radical (unpaired) electrons. The van der Waals surface area contributed by atoms with Crippen molar-refractivity contribution in [1.82, 2.24) is 24.5 Å². The molecule has 0 spiro atoms. The SMILES string of the molecule is CC[C@@]12CCCN1c1nc(-n3ccnc3-c3cnc4ccccc4c3)ncc1N(C)C2=O. The van der Waals surface area contributed by atoms with Crippen molar-refractivity contribution in [1.29, 1.82) is 0 Å². The highest BCUT2D eigenvalue weighted by molar-refractivity contribution is 6.07. The summed E-state index contributed by atoms with van der Waals surface area (Å²) in [6.45, 7) is 2.90. The van der Waals surface area contributed by atoms with E-state index < -0.39 is 5.54 Å². The largest absolute Gasteiger partial charge is 0.340 e. The zero-order valence-corrected chi connectivity index (χ0v) is 18.1. The van der Waals surface area contributed by atoms with Crippen LogP contribution in [0, 0.1) is 0 Å². The van der Waals surface area contributed by atoms with Crippen LogP contribution in [0.15, 0.2) is 55.1 Å². The second-order valence-corrected chi connectivity index (χ2v) is 8.42. The van der Waals surface area contributed by atoms with Crippen molar-refractivity contribution >= 4 is 28.3 Å². The van der Waals surface area contributed by atoms with Gasteiger partial charge in [0.1, 0.15) is 17.1 Å². The molecule has 1 fully saturated rings. The van der Waals surface area contributed by atoms with Crippen LogP contribution in [0.4, 0.5) is 11.5 Å². The summed E-state index contributed by atoms with van der Waals surface area (Å²) in [6.07, 6.45) is 9.77. The number of para-hydroxylation sites is 1. The summed E-state index contributed by atoms with van der Waals surface area (Å²) in [5.74, 6) is 2.20. The third-order valence-corrected chi connectivity index (χ3v) is 6.84. The first-order valence-electron chi connectivity index (χ1n) is 10.9. The van der Waals surface area contributed by atoms with Gasteiger partial charge in [-0.05, 0) is 31.4 Å². The number of aromatic nitrogens is 5. The van der Waals surface area contributed by atoms with E-state index in [1.807, 2.05) is 48.3 Å². The van der Waals surface area contributed by atoms with Gasteiger partial charge in [0, 0.05) is 43.1 Å². The van der Waals surface area contributed by atoms with Crippen molar-refractivity contribution in [2.75, 3.05) is 23.4 Å². The Bertz CT molecular complexity index is 1360. The fourth-order valence-electron chi connectivity index (χ4n) is 5.13. The van der Waals surface area contributed by atoms with Gasteiger partial charge in [0.15, 0.2) is 5.82 Å². The molecule has 8 nitrogen and oxygen atoms in total. The number of fused-ring (bicyclic) bond motifs is 4. The molecule has 1 atom stereocenters. The predicted molar refractivity (Wildman–Crippen MR) is 123 cm³/mol. The van der Waals surface area contributed by atoms with Crippen molar-refractivity contribution in [2.24, 2.45) is 0 Å². The number of hydrogen-bond donors (Lipinski definition) is 0. The predicted octanol–water partition coefficient (Wildman–Crippen LogP) is 3.60. The Kier molecular flexibility index (Phi) is 4.05. The van der Waals surface area contributed by atoms with Gasteiger partial charge in [0.05, 0.1) is 11.7 Å². The second kappa shape index (κ2) is 6.85. The Labute approximate surface area is 185 Å². The van der Waals surface area contributed by atoms with Crippen molar-refractivity contribution in [3.8, 4) is 17.3 Å². The first-order valence-corrected chi connectivity index (χ1v) is 10.9. The number of pyridine rings is 1. The molecule has 2 aliphatic rings. The number of carbonyl (C=O) groups is 1. The fraction of sp³-hybridized carbons (Fsp3) is 0.292. The summed E-state index contributed by atoms with van der Waals surface area (Å²) < 4.78 is 1.88. The lowest BCUT2D eigenvalue weighted by atomic mass is 9.89. The van der Waals surface area contributed by atoms with Crippen molar-refractivity contribution in [2.45, 2.75) is 31.7 Å². The van der Waals surface area contributed by atoms with Crippen molar-refractivity contribution < 1.29 is 4.79 Å². The molecule has 0 bridgehead atoms. The average molecular weight is 425 g/mol. The summed E-state index contributed by atoms with van der Waals surface area (Å²) >= 11 is 0. The van der Waals surface area contributed by atoms with E-state index in [-0.39, 0.29) is 5.91 Å². The van der Waals surface area contributed by atoms with Gasteiger partial charge < -0.3 is 9.80 Å². The number of imidazole rings is 1. The molecule has 0 unspecified atom stereocenters. The standard InChI is InChI=1S/C24H23N7O/c1-3-24-9-6-11-31(24)21-19(29(2)22(24)32)15-27-23(28-21)30-12-10-25-20(30)17-13-16-7-4-5-8-18(16)26-14-17/h4-5,7-8,10,12-15H,3,6,9,11H2,1-2H3/t24-/m0/s1. The Morgan fingerprint density at radius 2 is 2.00 bits per heavy atom. The minimum atomic E-state index is -0.507. The minimum absolute atomic E-state index is 0.131. The minimum Gasteiger partial charge on any atom is -0.340 e. The highest BCUT2D eigenvalue weighted by Gasteiger charge is 2.52. The topological polar surface area (TPSA) is 80.0 Å². The van der Waals surface area contributed by atoms with Crippen LogP contribution in [0.2, 0.25) is 0 Å². The molecule has 0 N–H and O–H groups in total. The molecular weight excluding hydrogens is 402 g/mol. The molecule has 3 aromatic heterocycles. The summed E-state index contributed by atoms with van der Waals surface area (Å²) in [6, 6.07) is 10.1. The van der Waals surface area contributed by atoms with Gasteiger partial charge in [0.25, 0.3) is 5.91 Å². The summed E-state index contributed by atoms with van der Waals surface area (Å²) in [4.78, 5) is 35.8. The number of anilines is 2. The highest BCUT2D eigenvalue weighted by atomic mass is 16.2. The molecule has 0 aliphatic carbocycles. The number of nitrogens with zero attached hydrogens (tertiary/aromatic N) is 7. The van der Waals surface area contributed by atoms with E-state index in [1.54, 1.807) is 17.3 Å². The van der Waals surface area contributed by atoms with E-state index in [0.29, 0.717) is 5.95 Å². The van der Waals surface area contributed by atoms with Crippen LogP contribution in [-0.2, 0) is 4.79 Å². The van der Waals surface area contributed by atoms with Crippen LogP contribution >= 0.6 is 0 Å². The van der Waals surface area contributed by atoms with Crippen LogP contribution in [-0.4, -0.2) is 49.5 Å². The molecule has 6 rings (SSSR count). The van der Waals surface area contributed by atoms with Crippen molar-refractivity contribution in [3.63, 3.8) is 0 Å². The Morgan fingerprint density at radius 1 is 1.12 bits per heavy atom. The summed E-state index contributed by atoms with van der Waals surface area (Å²) in [5.41, 5.74) is 2.08. The smallest absolute Gasteiger partial charge is 0.252 e. The number of carbonyl (C=O) groups excluding carboxylic acids is 1. The molecule has 5 heterocycles. The normalized spacial score (nSPS) is 20.0. The van der Waals surface area contributed by atoms with E-state index in [9.17, 15) is 4.79 Å². The number of benzene rings is 1. The maximum absolute atomic E-state index is 13.2. The van der Waals surface area contributed by atoms with Crippen LogP contribution in [0.1, 0.15) is 26.2 Å². The van der Waals surface area contributed by atoms with Gasteiger partial charge >= 0.3 is 0 Å². The lowest BCUT2D eigenvalue weighted by Gasteiger charge is -2.45. The Balaban J connectivity index is 1.47. The third kappa shape index (κ3) is 2.52. The molecule has 32 heavy (non-hydrogen) atoms. The maximum atomic E-state index is 13.2. The molecule has 1 amide bonds. The van der Waals surface area contributed by atoms with E-state index in [1.165, 1.54) is 0 Å². The average Bonchev–Trinajstić information content (AvgIpc) is 3.50. The molecule has 160 valence electrons. The molecular formula is C24H23N7O. The number of likely N-dealkylation sites (N-methyl/N-ethyl adjacent to an activating group) is 1. The van der Waals surface area contributed by atoms with E-state index >= 15 is 0 Å². The van der Waals surface area contributed by atoms with Crippen molar-refractivity contribution in [3.05, 3.63) is 55.1 Å². The fourth-order valence-corrected chi connectivity index (χ4v) is 5.13. The van der Waals surface area contributed by atoms with Gasteiger partial charge in [-0.3, -0.25) is 14.3 Å². The Hall–Kier alpha value is -3.81. The first kappa shape index (κ1) is 18.9. The molecule has 1 aromatic carbocycles. The van der Waals surface area contributed by atoms with E-state index in [4.69, 9.17) is 4.98 Å². The van der Waals surface area contributed by atoms with Gasteiger partial charge in [-0.2, -0.15) is 4.98 Å². The van der Waals surface area contributed by atoms with E-state index in [2.05, 4.69) is 32.8 Å². The van der Waals surface area contributed by atoms with E-state index in [0.717, 1.165) is 59.6 Å². The lowest BCUT2D eigenvalue weighted by Crippen LogP contribution is -2.59. The monoisotopic (exact) mass is 425 g/mol. The summed E-state index contributed by atoms with van der Waals surface area (Å²) in [5, 5.41) is 1.05. The van der Waals surface area contributed by atoms with Gasteiger partial charge in [0.2, 0.25) is 5.95 Å². The van der Waals surface area contributed by atoms with Crippen LogP contribution in [0.5, 0.6) is 0 Å². The molecule has 0 saturated carbocycles. The quantitative estimate of drug-likeness (QED) is 0.499. The lowest BCUT2D eigenvalue weighted by molar-refractivity contribution is -0.123. The first-order chi connectivity index (χ1) is 15.6. The van der Waals surface area contributed by atoms with Gasteiger partial charge in [-0.1, -0.05) is 25.1 Å². The van der Waals surface area contributed by atoms with Crippen LogP contribution < -0.4 is 9.80 Å². The van der Waals surface area contributed by atoms with Gasteiger partial charge in [-0.25, -0.2) is 9.97 Å². The maximum Gasteiger partial charge on any atom is 0.252 e.